The van der Waals surface area contributed by atoms with Gasteiger partial charge in [-0.2, -0.15) is 18.3 Å². The minimum Gasteiger partial charge on any atom is -0.455 e. The number of amides is 1. The maximum Gasteiger partial charge on any atom is 0.420 e. The fourth-order valence-corrected chi connectivity index (χ4v) is 4.20. The lowest BCUT2D eigenvalue weighted by Crippen LogP contribution is -2.32. The third kappa shape index (κ3) is 4.15. The molecule has 1 amide bonds. The highest BCUT2D eigenvalue weighted by Crippen LogP contribution is 2.48. The number of nitrogens with zero attached hydrogens (tertiary/aromatic N) is 3. The topological polar surface area (TPSA) is 105 Å². The molecule has 0 radical (unpaired) electrons. The van der Waals surface area contributed by atoms with Crippen molar-refractivity contribution in [2.45, 2.75) is 44.6 Å². The Morgan fingerprint density at radius 3 is 2.88 bits per heavy atom. The van der Waals surface area contributed by atoms with Gasteiger partial charge in [0.05, 0.1) is 50.4 Å². The van der Waals surface area contributed by atoms with Crippen molar-refractivity contribution < 1.29 is 36.3 Å². The van der Waals surface area contributed by atoms with Crippen molar-refractivity contribution in [3.8, 4) is 11.3 Å². The number of furan rings is 1. The molecule has 9 nitrogen and oxygen atoms in total. The molecule has 0 bridgehead atoms. The third-order valence-corrected chi connectivity index (χ3v) is 5.68. The molecule has 0 spiro atoms. The van der Waals surface area contributed by atoms with Crippen LogP contribution >= 0.6 is 0 Å². The lowest BCUT2D eigenvalue weighted by atomic mass is 9.86. The van der Waals surface area contributed by atoms with E-state index in [0.29, 0.717) is 31.9 Å². The van der Waals surface area contributed by atoms with Crippen LogP contribution in [0.4, 0.5) is 13.2 Å². The quantitative estimate of drug-likeness (QED) is 0.616. The molecule has 0 unspecified atom stereocenters. The monoisotopic (exact) mass is 466 g/mol. The Labute approximate surface area is 185 Å². The van der Waals surface area contributed by atoms with Gasteiger partial charge in [0.25, 0.3) is 5.91 Å². The number of hydrogen-bond acceptors (Lipinski definition) is 7. The summed E-state index contributed by atoms with van der Waals surface area (Å²) in [7, 11) is 0. The predicted octanol–water partition coefficient (Wildman–Crippen LogP) is 3.15. The van der Waals surface area contributed by atoms with Crippen LogP contribution in [0.1, 0.15) is 46.2 Å². The van der Waals surface area contributed by atoms with Crippen molar-refractivity contribution >= 4 is 5.91 Å². The first kappa shape index (κ1) is 21.7. The molecule has 0 saturated carbocycles. The van der Waals surface area contributed by atoms with Gasteiger partial charge in [-0.15, -0.1) is 0 Å². The van der Waals surface area contributed by atoms with Crippen molar-refractivity contribution in [1.82, 2.24) is 20.1 Å². The van der Waals surface area contributed by atoms with E-state index >= 15 is 0 Å². The first-order valence-electron chi connectivity index (χ1n) is 10.5. The summed E-state index contributed by atoms with van der Waals surface area (Å²) in [6.45, 7) is 3.41. The Balaban J connectivity index is 1.50. The van der Waals surface area contributed by atoms with Crippen LogP contribution in [0.2, 0.25) is 0 Å². The Morgan fingerprint density at radius 2 is 2.18 bits per heavy atom. The lowest BCUT2D eigenvalue weighted by Gasteiger charge is -2.22. The molecule has 1 aliphatic heterocycles. The highest BCUT2D eigenvalue weighted by Gasteiger charge is 2.46. The standard InChI is InChI=1S/C21H21F3N4O5/c1-11-6-14-16(18-13(11)9-28(27-18)8-12-10-30-4-5-31-12)17(21(22,23)24)19(33-14)20(29)26-7-15-25-2-3-32-15/h2-3,9,11-12H,4-8,10H2,1H3,(H,26,29)/t11-,12-/m0/s1. The van der Waals surface area contributed by atoms with E-state index in [1.807, 2.05) is 6.92 Å². The van der Waals surface area contributed by atoms with Crippen LogP contribution in [0.25, 0.3) is 11.3 Å². The van der Waals surface area contributed by atoms with Gasteiger partial charge in [-0.05, 0) is 5.92 Å². The number of nitrogens with one attached hydrogen (secondary N) is 1. The first-order chi connectivity index (χ1) is 15.8. The molecule has 4 heterocycles. The van der Waals surface area contributed by atoms with Crippen molar-refractivity contribution in [2.24, 2.45) is 0 Å². The second-order valence-electron chi connectivity index (χ2n) is 8.04. The predicted molar refractivity (Wildman–Crippen MR) is 105 cm³/mol. The van der Waals surface area contributed by atoms with Gasteiger partial charge in [0.2, 0.25) is 11.7 Å². The van der Waals surface area contributed by atoms with E-state index in [2.05, 4.69) is 15.4 Å². The van der Waals surface area contributed by atoms with Gasteiger partial charge >= 0.3 is 6.18 Å². The van der Waals surface area contributed by atoms with Gasteiger partial charge in [0, 0.05) is 18.2 Å². The Hall–Kier alpha value is -3.12. The van der Waals surface area contributed by atoms with Crippen LogP contribution in [-0.4, -0.2) is 46.6 Å². The summed E-state index contributed by atoms with van der Waals surface area (Å²) in [5.41, 5.74) is -0.477. The molecule has 3 aromatic rings. The maximum atomic E-state index is 14.2. The van der Waals surface area contributed by atoms with Crippen LogP contribution in [0.3, 0.4) is 0 Å². The fourth-order valence-electron chi connectivity index (χ4n) is 4.20. The Morgan fingerprint density at radius 1 is 1.33 bits per heavy atom. The Kier molecular flexibility index (Phi) is 5.49. The Bertz CT molecular complexity index is 1150. The highest BCUT2D eigenvalue weighted by molar-refractivity contribution is 5.96. The second kappa shape index (κ2) is 8.34. The van der Waals surface area contributed by atoms with E-state index in [-0.39, 0.29) is 47.9 Å². The number of ether oxygens (including phenoxy) is 2. The molecule has 176 valence electrons. The molecule has 33 heavy (non-hydrogen) atoms. The summed E-state index contributed by atoms with van der Waals surface area (Å²) in [6.07, 6.45) is -0.438. The van der Waals surface area contributed by atoms with Gasteiger partial charge in [-0.25, -0.2) is 4.98 Å². The molecular weight excluding hydrogens is 445 g/mol. The zero-order valence-corrected chi connectivity index (χ0v) is 17.6. The van der Waals surface area contributed by atoms with Crippen LogP contribution < -0.4 is 5.32 Å². The number of hydrogen-bond donors (Lipinski definition) is 1. The smallest absolute Gasteiger partial charge is 0.420 e. The zero-order valence-electron chi connectivity index (χ0n) is 17.6. The molecule has 1 N–H and O–H groups in total. The summed E-state index contributed by atoms with van der Waals surface area (Å²) in [4.78, 5) is 16.5. The van der Waals surface area contributed by atoms with Crippen LogP contribution in [0, 0.1) is 0 Å². The average molecular weight is 466 g/mol. The van der Waals surface area contributed by atoms with E-state index in [4.69, 9.17) is 18.3 Å². The van der Waals surface area contributed by atoms with E-state index in [1.54, 1.807) is 10.9 Å². The molecule has 1 saturated heterocycles. The molecule has 3 aromatic heterocycles. The first-order valence-corrected chi connectivity index (χ1v) is 10.5. The summed E-state index contributed by atoms with van der Waals surface area (Å²) in [5.74, 6) is -1.68. The second-order valence-corrected chi connectivity index (χ2v) is 8.04. The van der Waals surface area contributed by atoms with E-state index < -0.39 is 23.4 Å². The number of carbonyl (C=O) groups is 1. The van der Waals surface area contributed by atoms with Gasteiger partial charge in [0.1, 0.15) is 23.7 Å². The number of alkyl halides is 3. The van der Waals surface area contributed by atoms with Gasteiger partial charge < -0.3 is 23.6 Å². The van der Waals surface area contributed by atoms with Crippen LogP contribution in [0.5, 0.6) is 0 Å². The van der Waals surface area contributed by atoms with Gasteiger partial charge in [-0.3, -0.25) is 9.48 Å². The SMILES string of the molecule is C[C@H]1Cc2oc(C(=O)NCc3ncco3)c(C(F)(F)F)c2-c2nn(C[C@H]3COCCO3)cc21. The van der Waals surface area contributed by atoms with E-state index in [1.165, 1.54) is 12.5 Å². The summed E-state index contributed by atoms with van der Waals surface area (Å²) in [6, 6.07) is 0. The minimum atomic E-state index is -4.82. The number of halogens is 3. The highest BCUT2D eigenvalue weighted by atomic mass is 19.4. The largest absolute Gasteiger partial charge is 0.455 e. The van der Waals surface area contributed by atoms with E-state index in [9.17, 15) is 18.0 Å². The normalized spacial score (nSPS) is 20.4. The lowest BCUT2D eigenvalue weighted by molar-refractivity contribution is -0.137. The van der Waals surface area contributed by atoms with Crippen molar-refractivity contribution in [1.29, 1.82) is 0 Å². The number of fused-ring (bicyclic) bond motifs is 3. The fraction of sp³-hybridized carbons (Fsp3) is 0.476. The number of carbonyl (C=O) groups excluding carboxylic acids is 1. The van der Waals surface area contributed by atoms with E-state index in [0.717, 1.165) is 0 Å². The zero-order chi connectivity index (χ0) is 23.2. The summed E-state index contributed by atoms with van der Waals surface area (Å²) < 4.78 is 65.6. The summed E-state index contributed by atoms with van der Waals surface area (Å²) >= 11 is 0. The average Bonchev–Trinajstić information content (AvgIpc) is 3.50. The number of oxazole rings is 1. The molecule has 0 aromatic carbocycles. The molecule has 1 fully saturated rings. The minimum absolute atomic E-state index is 0.0890. The van der Waals surface area contributed by atoms with Crippen LogP contribution in [-0.2, 0) is 35.2 Å². The molecule has 1 aliphatic carbocycles. The van der Waals surface area contributed by atoms with Gasteiger partial charge in [-0.1, -0.05) is 6.92 Å². The molecule has 2 atom stereocenters. The third-order valence-electron chi connectivity index (χ3n) is 5.68. The van der Waals surface area contributed by atoms with Crippen molar-refractivity contribution in [3.63, 3.8) is 0 Å². The van der Waals surface area contributed by atoms with Crippen LogP contribution in [0.15, 0.2) is 27.5 Å². The molecule has 12 heteroatoms. The summed E-state index contributed by atoms with van der Waals surface area (Å²) in [5, 5.41) is 6.81. The maximum absolute atomic E-state index is 14.2. The molecule has 2 aliphatic rings. The molecular formula is C21H21F3N4O5. The van der Waals surface area contributed by atoms with Crippen molar-refractivity contribution in [2.75, 3.05) is 19.8 Å². The molecule has 5 rings (SSSR count). The van der Waals surface area contributed by atoms with Crippen molar-refractivity contribution in [3.05, 3.63) is 47.2 Å². The van der Waals surface area contributed by atoms with Gasteiger partial charge in [0.15, 0.2) is 0 Å². The number of rotatable bonds is 5. The number of aromatic nitrogens is 3.